The highest BCUT2D eigenvalue weighted by Gasteiger charge is 2.18. The summed E-state index contributed by atoms with van der Waals surface area (Å²) in [7, 11) is 0. The van der Waals surface area contributed by atoms with E-state index in [0.717, 1.165) is 11.1 Å². The number of hydrogen-bond acceptors (Lipinski definition) is 4. The molecule has 0 spiro atoms. The van der Waals surface area contributed by atoms with E-state index in [1.54, 1.807) is 6.08 Å². The summed E-state index contributed by atoms with van der Waals surface area (Å²) in [6.45, 7) is 4.38. The average Bonchev–Trinajstić information content (AvgIpc) is 3.31. The van der Waals surface area contributed by atoms with E-state index in [9.17, 15) is 5.11 Å². The van der Waals surface area contributed by atoms with Crippen LogP contribution in [0.1, 0.15) is 22.5 Å². The Balaban J connectivity index is 1.68. The molecule has 1 aromatic heterocycles. The van der Waals surface area contributed by atoms with Gasteiger partial charge in [-0.25, -0.2) is 0 Å². The monoisotopic (exact) mass is 412 g/mol. The minimum absolute atomic E-state index is 0.177. The van der Waals surface area contributed by atoms with E-state index in [1.807, 2.05) is 84.9 Å². The molecule has 31 heavy (non-hydrogen) atoms. The van der Waals surface area contributed by atoms with Crippen LogP contribution in [0.15, 0.2) is 95.9 Å². The first-order chi connectivity index (χ1) is 15.3. The molecule has 0 bridgehead atoms. The van der Waals surface area contributed by atoms with Crippen molar-refractivity contribution in [1.82, 2.24) is 0 Å². The molecule has 0 aliphatic carbocycles. The normalized spacial score (nSPS) is 10.6. The van der Waals surface area contributed by atoms with Gasteiger partial charge in [-0.1, -0.05) is 67.2 Å². The largest absolute Gasteiger partial charge is 0.489 e. The lowest BCUT2D eigenvalue weighted by molar-refractivity contribution is 0.271. The topological polar surface area (TPSA) is 51.8 Å². The molecule has 3 aromatic carbocycles. The van der Waals surface area contributed by atoms with Crippen molar-refractivity contribution in [2.45, 2.75) is 19.8 Å². The number of benzene rings is 3. The standard InChI is InChI=1S/C27H24O4/c1-2-23-13-14-25(31-23)27-22(17-28)15-24(29-18-20-9-5-3-6-10-20)16-26(27)30-19-21-11-7-4-8-12-21/h2-16,28H,1,17-19H2. The SMILES string of the molecule is C=Cc1ccc(-c2c(CO)cc(OCc3ccccc3)cc2OCc2ccccc2)o1. The van der Waals surface area contributed by atoms with Crippen LogP contribution in [0.25, 0.3) is 17.4 Å². The summed E-state index contributed by atoms with van der Waals surface area (Å²) in [6.07, 6.45) is 1.64. The summed E-state index contributed by atoms with van der Waals surface area (Å²) < 4.78 is 18.1. The fourth-order valence-corrected chi connectivity index (χ4v) is 3.32. The Kier molecular flexibility index (Phi) is 6.50. The van der Waals surface area contributed by atoms with Gasteiger partial charge in [-0.3, -0.25) is 0 Å². The highest BCUT2D eigenvalue weighted by Crippen LogP contribution is 2.39. The number of furan rings is 1. The minimum atomic E-state index is -0.177. The predicted molar refractivity (Wildman–Crippen MR) is 122 cm³/mol. The zero-order valence-electron chi connectivity index (χ0n) is 17.2. The Labute approximate surface area is 182 Å². The number of aliphatic hydroxyl groups excluding tert-OH is 1. The van der Waals surface area contributed by atoms with Crippen LogP contribution in [-0.4, -0.2) is 5.11 Å². The molecule has 4 heteroatoms. The number of rotatable bonds is 9. The summed E-state index contributed by atoms with van der Waals surface area (Å²) in [6, 6.07) is 27.2. The fourth-order valence-electron chi connectivity index (χ4n) is 3.32. The van der Waals surface area contributed by atoms with Gasteiger partial charge < -0.3 is 19.0 Å². The highest BCUT2D eigenvalue weighted by atomic mass is 16.5. The first-order valence-corrected chi connectivity index (χ1v) is 10.1. The summed E-state index contributed by atoms with van der Waals surface area (Å²) >= 11 is 0. The Morgan fingerprint density at radius 1 is 0.806 bits per heavy atom. The fraction of sp³-hybridized carbons (Fsp3) is 0.111. The highest BCUT2D eigenvalue weighted by molar-refractivity contribution is 5.72. The number of hydrogen-bond donors (Lipinski definition) is 1. The number of aliphatic hydroxyl groups is 1. The van der Waals surface area contributed by atoms with Crippen LogP contribution in [0.3, 0.4) is 0 Å². The third-order valence-corrected chi connectivity index (χ3v) is 4.89. The third-order valence-electron chi connectivity index (χ3n) is 4.89. The van der Waals surface area contributed by atoms with Gasteiger partial charge in [0, 0.05) is 6.07 Å². The van der Waals surface area contributed by atoms with Crippen molar-refractivity contribution in [3.05, 3.63) is 114 Å². The van der Waals surface area contributed by atoms with Gasteiger partial charge in [-0.05, 0) is 41.0 Å². The molecular formula is C27H24O4. The van der Waals surface area contributed by atoms with Crippen LogP contribution in [0.4, 0.5) is 0 Å². The van der Waals surface area contributed by atoms with Gasteiger partial charge in [0.15, 0.2) is 0 Å². The van der Waals surface area contributed by atoms with Crippen molar-refractivity contribution in [1.29, 1.82) is 0 Å². The van der Waals surface area contributed by atoms with Gasteiger partial charge in [0.25, 0.3) is 0 Å². The smallest absolute Gasteiger partial charge is 0.138 e. The molecule has 1 heterocycles. The molecule has 0 unspecified atom stereocenters. The Morgan fingerprint density at radius 2 is 1.45 bits per heavy atom. The quantitative estimate of drug-likeness (QED) is 0.354. The maximum absolute atomic E-state index is 10.1. The van der Waals surface area contributed by atoms with Crippen molar-refractivity contribution in [2.24, 2.45) is 0 Å². The van der Waals surface area contributed by atoms with E-state index in [0.29, 0.717) is 47.4 Å². The van der Waals surface area contributed by atoms with E-state index in [-0.39, 0.29) is 6.61 Å². The molecule has 4 rings (SSSR count). The van der Waals surface area contributed by atoms with Crippen LogP contribution in [0, 0.1) is 0 Å². The molecular weight excluding hydrogens is 388 g/mol. The Morgan fingerprint density at radius 3 is 2.03 bits per heavy atom. The first-order valence-electron chi connectivity index (χ1n) is 10.1. The number of ether oxygens (including phenoxy) is 2. The summed E-state index contributed by atoms with van der Waals surface area (Å²) in [5.41, 5.74) is 3.48. The van der Waals surface area contributed by atoms with Crippen LogP contribution < -0.4 is 9.47 Å². The molecule has 0 saturated carbocycles. The van der Waals surface area contributed by atoms with Gasteiger partial charge in [0.05, 0.1) is 12.2 Å². The van der Waals surface area contributed by atoms with Crippen molar-refractivity contribution in [3.63, 3.8) is 0 Å². The molecule has 1 N–H and O–H groups in total. The zero-order chi connectivity index (χ0) is 21.5. The van der Waals surface area contributed by atoms with Crippen LogP contribution in [0.2, 0.25) is 0 Å². The van der Waals surface area contributed by atoms with Crippen molar-refractivity contribution < 1.29 is 19.0 Å². The zero-order valence-corrected chi connectivity index (χ0v) is 17.2. The lowest BCUT2D eigenvalue weighted by Gasteiger charge is -2.16. The first kappa shape index (κ1) is 20.5. The molecule has 4 nitrogen and oxygen atoms in total. The predicted octanol–water partition coefficient (Wildman–Crippen LogP) is 6.24. The molecule has 0 amide bonds. The van der Waals surface area contributed by atoms with E-state index >= 15 is 0 Å². The molecule has 0 radical (unpaired) electrons. The summed E-state index contributed by atoms with van der Waals surface area (Å²) in [4.78, 5) is 0. The van der Waals surface area contributed by atoms with Crippen LogP contribution in [-0.2, 0) is 19.8 Å². The van der Waals surface area contributed by atoms with E-state index in [1.165, 1.54) is 0 Å². The average molecular weight is 412 g/mol. The third kappa shape index (κ3) is 5.05. The van der Waals surface area contributed by atoms with Crippen molar-refractivity contribution in [2.75, 3.05) is 0 Å². The summed E-state index contributed by atoms with van der Waals surface area (Å²) in [5, 5.41) is 10.1. The molecule has 0 fully saturated rings. The second-order valence-electron chi connectivity index (χ2n) is 7.07. The molecule has 0 aliphatic heterocycles. The van der Waals surface area contributed by atoms with Gasteiger partial charge in [-0.2, -0.15) is 0 Å². The lowest BCUT2D eigenvalue weighted by Crippen LogP contribution is -2.02. The maximum atomic E-state index is 10.1. The van der Waals surface area contributed by atoms with Gasteiger partial charge in [0.2, 0.25) is 0 Å². The van der Waals surface area contributed by atoms with Crippen LogP contribution in [0.5, 0.6) is 11.5 Å². The summed E-state index contributed by atoms with van der Waals surface area (Å²) in [5.74, 6) is 2.47. The minimum Gasteiger partial charge on any atom is -0.489 e. The van der Waals surface area contributed by atoms with Crippen molar-refractivity contribution >= 4 is 6.08 Å². The van der Waals surface area contributed by atoms with Gasteiger partial charge in [0.1, 0.15) is 36.2 Å². The van der Waals surface area contributed by atoms with Gasteiger partial charge in [-0.15, -0.1) is 0 Å². The lowest BCUT2D eigenvalue weighted by atomic mass is 10.0. The maximum Gasteiger partial charge on any atom is 0.138 e. The second kappa shape index (κ2) is 9.83. The van der Waals surface area contributed by atoms with E-state index < -0.39 is 0 Å². The second-order valence-corrected chi connectivity index (χ2v) is 7.07. The van der Waals surface area contributed by atoms with E-state index in [2.05, 4.69) is 6.58 Å². The van der Waals surface area contributed by atoms with Crippen molar-refractivity contribution in [3.8, 4) is 22.8 Å². The Hall–Kier alpha value is -3.76. The Bertz CT molecular complexity index is 1130. The molecule has 0 aliphatic rings. The molecule has 0 atom stereocenters. The molecule has 156 valence electrons. The van der Waals surface area contributed by atoms with Gasteiger partial charge >= 0.3 is 0 Å². The van der Waals surface area contributed by atoms with E-state index in [4.69, 9.17) is 13.9 Å². The molecule has 4 aromatic rings. The molecule has 0 saturated heterocycles. The van der Waals surface area contributed by atoms with Crippen LogP contribution >= 0.6 is 0 Å².